The monoisotopic (exact) mass is 242 g/mol. The van der Waals surface area contributed by atoms with Gasteiger partial charge in [-0.15, -0.1) is 11.3 Å². The van der Waals surface area contributed by atoms with E-state index in [1.807, 2.05) is 18.4 Å². The molecule has 1 fully saturated rings. The highest BCUT2D eigenvalue weighted by atomic mass is 32.2. The zero-order chi connectivity index (χ0) is 10.7. The van der Waals surface area contributed by atoms with Crippen molar-refractivity contribution >= 4 is 23.1 Å². The molecule has 1 aliphatic heterocycles. The van der Waals surface area contributed by atoms with Crippen LogP contribution in [-0.2, 0) is 0 Å². The van der Waals surface area contributed by atoms with E-state index in [2.05, 4.69) is 29.4 Å². The third-order valence-corrected chi connectivity index (χ3v) is 5.06. The summed E-state index contributed by atoms with van der Waals surface area (Å²) in [5.74, 6) is 3.34. The molecular formula is C11H18N2S2. The average Bonchev–Trinajstić information content (AvgIpc) is 2.78. The zero-order valence-electron chi connectivity index (χ0n) is 9.32. The molecule has 0 aliphatic carbocycles. The molecule has 4 heteroatoms. The molecule has 0 aromatic carbocycles. The molecule has 1 unspecified atom stereocenters. The van der Waals surface area contributed by atoms with E-state index in [1.165, 1.54) is 35.0 Å². The van der Waals surface area contributed by atoms with Gasteiger partial charge in [0.15, 0.2) is 0 Å². The van der Waals surface area contributed by atoms with E-state index in [0.717, 1.165) is 5.92 Å². The smallest absolute Gasteiger partial charge is 0.0960 e. The fraction of sp³-hybridized carbons (Fsp3) is 0.727. The fourth-order valence-corrected chi connectivity index (χ4v) is 3.97. The SMILES string of the molecule is CNC(C)c1csc(C2CCSCC2)n1. The van der Waals surface area contributed by atoms with Crippen molar-refractivity contribution in [1.82, 2.24) is 10.3 Å². The van der Waals surface area contributed by atoms with E-state index < -0.39 is 0 Å². The Morgan fingerprint density at radius 1 is 1.47 bits per heavy atom. The molecule has 0 bridgehead atoms. The number of nitrogens with one attached hydrogen (secondary N) is 1. The van der Waals surface area contributed by atoms with Crippen molar-refractivity contribution in [3.63, 3.8) is 0 Å². The number of aromatic nitrogens is 1. The fourth-order valence-electron chi connectivity index (χ4n) is 1.78. The summed E-state index contributed by atoms with van der Waals surface area (Å²) in [5, 5.41) is 6.80. The van der Waals surface area contributed by atoms with E-state index in [1.54, 1.807) is 0 Å². The van der Waals surface area contributed by atoms with E-state index in [-0.39, 0.29) is 0 Å². The van der Waals surface area contributed by atoms with Gasteiger partial charge in [-0.2, -0.15) is 11.8 Å². The lowest BCUT2D eigenvalue weighted by molar-refractivity contribution is 0.607. The molecule has 1 atom stereocenters. The molecule has 1 aromatic heterocycles. The van der Waals surface area contributed by atoms with Crippen LogP contribution < -0.4 is 5.32 Å². The third kappa shape index (κ3) is 2.74. The Morgan fingerprint density at radius 2 is 2.20 bits per heavy atom. The molecule has 1 aromatic rings. The minimum absolute atomic E-state index is 0.382. The maximum Gasteiger partial charge on any atom is 0.0960 e. The van der Waals surface area contributed by atoms with Gasteiger partial charge < -0.3 is 5.32 Å². The number of thioether (sulfide) groups is 1. The van der Waals surface area contributed by atoms with Gasteiger partial charge in [0.25, 0.3) is 0 Å². The van der Waals surface area contributed by atoms with Crippen LogP contribution in [0.5, 0.6) is 0 Å². The minimum atomic E-state index is 0.382. The molecule has 0 spiro atoms. The number of hydrogen-bond acceptors (Lipinski definition) is 4. The lowest BCUT2D eigenvalue weighted by atomic mass is 10.0. The minimum Gasteiger partial charge on any atom is -0.312 e. The Hall–Kier alpha value is -0.0600. The highest BCUT2D eigenvalue weighted by Gasteiger charge is 2.19. The van der Waals surface area contributed by atoms with Crippen LogP contribution in [0.1, 0.15) is 42.4 Å². The summed E-state index contributed by atoms with van der Waals surface area (Å²) in [6.45, 7) is 2.16. The average molecular weight is 242 g/mol. The van der Waals surface area contributed by atoms with Gasteiger partial charge in [0.1, 0.15) is 0 Å². The Morgan fingerprint density at radius 3 is 2.87 bits per heavy atom. The molecule has 2 rings (SSSR count). The van der Waals surface area contributed by atoms with Crippen LogP contribution in [0.3, 0.4) is 0 Å². The van der Waals surface area contributed by atoms with Crippen LogP contribution in [0.15, 0.2) is 5.38 Å². The summed E-state index contributed by atoms with van der Waals surface area (Å²) in [6, 6.07) is 0.382. The van der Waals surface area contributed by atoms with Crippen molar-refractivity contribution in [2.45, 2.75) is 31.7 Å². The van der Waals surface area contributed by atoms with E-state index in [4.69, 9.17) is 4.98 Å². The maximum absolute atomic E-state index is 4.75. The zero-order valence-corrected chi connectivity index (χ0v) is 11.0. The van der Waals surface area contributed by atoms with Gasteiger partial charge in [-0.05, 0) is 38.3 Å². The second kappa shape index (κ2) is 5.32. The van der Waals surface area contributed by atoms with Crippen LogP contribution in [-0.4, -0.2) is 23.5 Å². The number of hydrogen-bond donors (Lipinski definition) is 1. The molecule has 2 nitrogen and oxygen atoms in total. The summed E-state index contributed by atoms with van der Waals surface area (Å²) in [5.41, 5.74) is 1.20. The maximum atomic E-state index is 4.75. The molecular weight excluding hydrogens is 224 g/mol. The molecule has 0 amide bonds. The Labute approximate surface area is 99.9 Å². The quantitative estimate of drug-likeness (QED) is 0.882. The Balaban J connectivity index is 2.05. The standard InChI is InChI=1S/C11H18N2S2/c1-8(12-2)10-7-15-11(13-10)9-3-5-14-6-4-9/h7-9,12H,3-6H2,1-2H3. The van der Waals surface area contributed by atoms with Crippen LogP contribution in [0, 0.1) is 0 Å². The first kappa shape index (κ1) is 11.4. The number of nitrogens with zero attached hydrogens (tertiary/aromatic N) is 1. The van der Waals surface area contributed by atoms with Gasteiger partial charge in [0.05, 0.1) is 10.7 Å². The Kier molecular flexibility index (Phi) is 4.05. The number of thiazole rings is 1. The molecule has 15 heavy (non-hydrogen) atoms. The van der Waals surface area contributed by atoms with Gasteiger partial charge in [0.2, 0.25) is 0 Å². The Bertz CT molecular complexity index is 305. The predicted octanol–water partition coefficient (Wildman–Crippen LogP) is 3.03. The van der Waals surface area contributed by atoms with Crippen molar-refractivity contribution in [2.24, 2.45) is 0 Å². The first-order valence-corrected chi connectivity index (χ1v) is 7.55. The third-order valence-electron chi connectivity index (χ3n) is 2.99. The highest BCUT2D eigenvalue weighted by molar-refractivity contribution is 7.99. The highest BCUT2D eigenvalue weighted by Crippen LogP contribution is 2.33. The molecule has 1 N–H and O–H groups in total. The van der Waals surface area contributed by atoms with Gasteiger partial charge in [-0.25, -0.2) is 4.98 Å². The normalized spacial score (nSPS) is 20.4. The number of rotatable bonds is 3. The van der Waals surface area contributed by atoms with Crippen molar-refractivity contribution in [3.8, 4) is 0 Å². The second-order valence-corrected chi connectivity index (χ2v) is 6.12. The summed E-state index contributed by atoms with van der Waals surface area (Å²) in [4.78, 5) is 4.75. The van der Waals surface area contributed by atoms with Gasteiger partial charge in [-0.3, -0.25) is 0 Å². The molecule has 1 saturated heterocycles. The first-order chi connectivity index (χ1) is 7.31. The van der Waals surface area contributed by atoms with Crippen molar-refractivity contribution in [1.29, 1.82) is 0 Å². The van der Waals surface area contributed by atoms with Crippen LogP contribution in [0.2, 0.25) is 0 Å². The molecule has 0 saturated carbocycles. The van der Waals surface area contributed by atoms with Gasteiger partial charge in [-0.1, -0.05) is 0 Å². The van der Waals surface area contributed by atoms with E-state index in [0.29, 0.717) is 6.04 Å². The van der Waals surface area contributed by atoms with E-state index in [9.17, 15) is 0 Å². The summed E-state index contributed by atoms with van der Waals surface area (Å²) < 4.78 is 0. The van der Waals surface area contributed by atoms with Crippen LogP contribution in [0.25, 0.3) is 0 Å². The topological polar surface area (TPSA) is 24.9 Å². The van der Waals surface area contributed by atoms with Gasteiger partial charge in [0, 0.05) is 17.3 Å². The summed E-state index contributed by atoms with van der Waals surface area (Å²) in [7, 11) is 1.99. The molecule has 84 valence electrons. The summed E-state index contributed by atoms with van der Waals surface area (Å²) >= 11 is 3.91. The summed E-state index contributed by atoms with van der Waals surface area (Å²) in [6.07, 6.45) is 2.62. The van der Waals surface area contributed by atoms with E-state index >= 15 is 0 Å². The van der Waals surface area contributed by atoms with Crippen LogP contribution >= 0.6 is 23.1 Å². The lowest BCUT2D eigenvalue weighted by Gasteiger charge is -2.18. The second-order valence-electron chi connectivity index (χ2n) is 4.01. The van der Waals surface area contributed by atoms with Crippen molar-refractivity contribution in [2.75, 3.05) is 18.6 Å². The largest absolute Gasteiger partial charge is 0.312 e. The first-order valence-electron chi connectivity index (χ1n) is 5.51. The molecule has 0 radical (unpaired) electrons. The predicted molar refractivity (Wildman–Crippen MR) is 68.9 cm³/mol. The van der Waals surface area contributed by atoms with Crippen LogP contribution in [0.4, 0.5) is 0 Å². The molecule has 1 aliphatic rings. The lowest BCUT2D eigenvalue weighted by Crippen LogP contribution is -2.13. The van der Waals surface area contributed by atoms with Crippen molar-refractivity contribution in [3.05, 3.63) is 16.1 Å². The molecule has 2 heterocycles. The van der Waals surface area contributed by atoms with Gasteiger partial charge >= 0.3 is 0 Å². The van der Waals surface area contributed by atoms with Crippen molar-refractivity contribution < 1.29 is 0 Å².